The van der Waals surface area contributed by atoms with Crippen molar-refractivity contribution in [3.05, 3.63) is 40.2 Å². The van der Waals surface area contributed by atoms with E-state index in [0.29, 0.717) is 11.5 Å². The molecule has 2 N–H and O–H groups in total. The van der Waals surface area contributed by atoms with E-state index in [-0.39, 0.29) is 11.9 Å². The van der Waals surface area contributed by atoms with E-state index in [9.17, 15) is 4.79 Å². The van der Waals surface area contributed by atoms with Crippen molar-refractivity contribution in [1.29, 1.82) is 0 Å². The van der Waals surface area contributed by atoms with Gasteiger partial charge in [-0.05, 0) is 49.4 Å². The molecular formula is C17H21N3OS. The Morgan fingerprint density at radius 3 is 2.95 bits per heavy atom. The molecule has 0 aromatic carbocycles. The number of piperidine rings is 1. The normalized spacial score (nSPS) is 21.5. The van der Waals surface area contributed by atoms with E-state index in [0.717, 1.165) is 36.5 Å². The van der Waals surface area contributed by atoms with Crippen LogP contribution in [0.4, 0.5) is 0 Å². The van der Waals surface area contributed by atoms with Crippen molar-refractivity contribution >= 4 is 17.2 Å². The monoisotopic (exact) mass is 315 g/mol. The maximum absolute atomic E-state index is 12.5. The highest BCUT2D eigenvalue weighted by Gasteiger charge is 2.23. The van der Waals surface area contributed by atoms with Crippen molar-refractivity contribution in [3.63, 3.8) is 0 Å². The molecule has 0 saturated carbocycles. The Labute approximate surface area is 135 Å². The minimum atomic E-state index is -0.0255. The molecule has 0 bridgehead atoms. The summed E-state index contributed by atoms with van der Waals surface area (Å²) in [4.78, 5) is 17.1. The molecule has 1 saturated heterocycles. The van der Waals surface area contributed by atoms with Gasteiger partial charge in [0, 0.05) is 23.5 Å². The lowest BCUT2D eigenvalue weighted by molar-refractivity contribution is 0.0914. The summed E-state index contributed by atoms with van der Waals surface area (Å²) in [6.45, 7) is 5.96. The van der Waals surface area contributed by atoms with Gasteiger partial charge in [0.2, 0.25) is 0 Å². The first-order valence-corrected chi connectivity index (χ1v) is 8.61. The highest BCUT2D eigenvalue weighted by molar-refractivity contribution is 7.08. The molecule has 0 radical (unpaired) electrons. The van der Waals surface area contributed by atoms with E-state index in [1.54, 1.807) is 11.3 Å². The van der Waals surface area contributed by atoms with Crippen LogP contribution in [0.5, 0.6) is 0 Å². The molecule has 3 rings (SSSR count). The van der Waals surface area contributed by atoms with Crippen LogP contribution in [0.15, 0.2) is 29.0 Å². The van der Waals surface area contributed by atoms with E-state index >= 15 is 0 Å². The van der Waals surface area contributed by atoms with Crippen molar-refractivity contribution in [2.24, 2.45) is 5.92 Å². The summed E-state index contributed by atoms with van der Waals surface area (Å²) in [5.41, 5.74) is 3.46. The SMILES string of the molecule is Cc1nc(-c2ccsc2)ccc1C(=O)NC1CNCCC1C. The van der Waals surface area contributed by atoms with Crippen LogP contribution in [0.1, 0.15) is 29.4 Å². The zero-order valence-corrected chi connectivity index (χ0v) is 13.7. The Kier molecular flexibility index (Phi) is 4.55. The van der Waals surface area contributed by atoms with Gasteiger partial charge in [-0.15, -0.1) is 0 Å². The topological polar surface area (TPSA) is 54.0 Å². The molecule has 22 heavy (non-hydrogen) atoms. The van der Waals surface area contributed by atoms with Crippen molar-refractivity contribution in [1.82, 2.24) is 15.6 Å². The number of amides is 1. The Morgan fingerprint density at radius 1 is 1.41 bits per heavy atom. The van der Waals surface area contributed by atoms with Crippen molar-refractivity contribution < 1.29 is 4.79 Å². The molecule has 2 atom stereocenters. The molecule has 5 heteroatoms. The lowest BCUT2D eigenvalue weighted by Crippen LogP contribution is -2.50. The highest BCUT2D eigenvalue weighted by Crippen LogP contribution is 2.21. The molecule has 2 aromatic rings. The Balaban J connectivity index is 1.75. The second-order valence-corrected chi connectivity index (χ2v) is 6.67. The lowest BCUT2D eigenvalue weighted by Gasteiger charge is -2.30. The number of hydrogen-bond donors (Lipinski definition) is 2. The third-order valence-corrected chi connectivity index (χ3v) is 4.97. The van der Waals surface area contributed by atoms with Gasteiger partial charge in [0.05, 0.1) is 17.0 Å². The van der Waals surface area contributed by atoms with Crippen LogP contribution in [-0.4, -0.2) is 30.0 Å². The quantitative estimate of drug-likeness (QED) is 0.916. The van der Waals surface area contributed by atoms with E-state index in [4.69, 9.17) is 0 Å². The fourth-order valence-corrected chi connectivity index (χ4v) is 3.45. The van der Waals surface area contributed by atoms with Crippen molar-refractivity contribution in [2.75, 3.05) is 13.1 Å². The maximum atomic E-state index is 12.5. The first-order valence-electron chi connectivity index (χ1n) is 7.67. The molecule has 0 spiro atoms. The molecule has 116 valence electrons. The third-order valence-electron chi connectivity index (χ3n) is 4.29. The lowest BCUT2D eigenvalue weighted by atomic mass is 9.94. The van der Waals surface area contributed by atoms with Crippen LogP contribution < -0.4 is 10.6 Å². The second kappa shape index (κ2) is 6.58. The van der Waals surface area contributed by atoms with Gasteiger partial charge in [0.15, 0.2) is 0 Å². The second-order valence-electron chi connectivity index (χ2n) is 5.89. The fraction of sp³-hybridized carbons (Fsp3) is 0.412. The van der Waals surface area contributed by atoms with Crippen LogP contribution in [0, 0.1) is 12.8 Å². The van der Waals surface area contributed by atoms with E-state index in [1.165, 1.54) is 0 Å². The maximum Gasteiger partial charge on any atom is 0.253 e. The number of rotatable bonds is 3. The molecule has 1 aliphatic rings. The Morgan fingerprint density at radius 2 is 2.27 bits per heavy atom. The number of thiophene rings is 1. The molecule has 1 amide bonds. The molecule has 2 unspecified atom stereocenters. The number of nitrogens with zero attached hydrogens (tertiary/aromatic N) is 1. The number of nitrogens with one attached hydrogen (secondary N) is 2. The minimum absolute atomic E-state index is 0.0255. The molecular weight excluding hydrogens is 294 g/mol. The van der Waals surface area contributed by atoms with E-state index < -0.39 is 0 Å². The summed E-state index contributed by atoms with van der Waals surface area (Å²) < 4.78 is 0. The highest BCUT2D eigenvalue weighted by atomic mass is 32.1. The molecule has 1 fully saturated rings. The van der Waals surface area contributed by atoms with Gasteiger partial charge in [-0.1, -0.05) is 6.92 Å². The number of aryl methyl sites for hydroxylation is 1. The number of carbonyl (C=O) groups excluding carboxylic acids is 1. The zero-order chi connectivity index (χ0) is 15.5. The van der Waals surface area contributed by atoms with Crippen LogP contribution in [0.2, 0.25) is 0 Å². The molecule has 3 heterocycles. The third kappa shape index (κ3) is 3.20. The van der Waals surface area contributed by atoms with Gasteiger partial charge in [-0.3, -0.25) is 9.78 Å². The average molecular weight is 315 g/mol. The summed E-state index contributed by atoms with van der Waals surface area (Å²) >= 11 is 1.65. The number of aromatic nitrogens is 1. The first kappa shape index (κ1) is 15.2. The number of hydrogen-bond acceptors (Lipinski definition) is 4. The van der Waals surface area contributed by atoms with Crippen molar-refractivity contribution in [3.8, 4) is 11.3 Å². The Bertz CT molecular complexity index is 654. The zero-order valence-electron chi connectivity index (χ0n) is 12.9. The van der Waals surface area contributed by atoms with E-state index in [1.807, 2.05) is 30.5 Å². The average Bonchev–Trinajstić information content (AvgIpc) is 3.03. The first-order chi connectivity index (χ1) is 10.6. The van der Waals surface area contributed by atoms with Gasteiger partial charge in [0.25, 0.3) is 5.91 Å². The summed E-state index contributed by atoms with van der Waals surface area (Å²) in [6, 6.07) is 6.04. The van der Waals surface area contributed by atoms with Crippen LogP contribution in [0.3, 0.4) is 0 Å². The number of pyridine rings is 1. The van der Waals surface area contributed by atoms with Crippen LogP contribution >= 0.6 is 11.3 Å². The van der Waals surface area contributed by atoms with Gasteiger partial charge in [-0.25, -0.2) is 0 Å². The van der Waals surface area contributed by atoms with Crippen LogP contribution in [-0.2, 0) is 0 Å². The smallest absolute Gasteiger partial charge is 0.253 e. The summed E-state index contributed by atoms with van der Waals surface area (Å²) in [7, 11) is 0. The Hall–Kier alpha value is -1.72. The van der Waals surface area contributed by atoms with Crippen LogP contribution in [0.25, 0.3) is 11.3 Å². The molecule has 1 aliphatic heterocycles. The number of carbonyl (C=O) groups is 1. The fourth-order valence-electron chi connectivity index (χ4n) is 2.80. The van der Waals surface area contributed by atoms with Gasteiger partial charge in [-0.2, -0.15) is 11.3 Å². The molecule has 0 aliphatic carbocycles. The predicted molar refractivity (Wildman–Crippen MR) is 90.2 cm³/mol. The molecule has 4 nitrogen and oxygen atoms in total. The summed E-state index contributed by atoms with van der Waals surface area (Å²) in [5.74, 6) is 0.478. The van der Waals surface area contributed by atoms with E-state index in [2.05, 4.69) is 27.9 Å². The largest absolute Gasteiger partial charge is 0.348 e. The summed E-state index contributed by atoms with van der Waals surface area (Å²) in [5, 5.41) is 10.6. The molecule has 2 aromatic heterocycles. The standard InChI is InChI=1S/C17H21N3OS/c1-11-5-7-18-9-16(11)20-17(21)14-3-4-15(19-12(14)2)13-6-8-22-10-13/h3-4,6,8,10-11,16,18H,5,7,9H2,1-2H3,(H,20,21). The van der Waals surface area contributed by atoms with Gasteiger partial charge < -0.3 is 10.6 Å². The van der Waals surface area contributed by atoms with Gasteiger partial charge in [0.1, 0.15) is 0 Å². The van der Waals surface area contributed by atoms with Crippen molar-refractivity contribution in [2.45, 2.75) is 26.3 Å². The summed E-state index contributed by atoms with van der Waals surface area (Å²) in [6.07, 6.45) is 1.10. The minimum Gasteiger partial charge on any atom is -0.348 e. The van der Waals surface area contributed by atoms with Gasteiger partial charge >= 0.3 is 0 Å². The predicted octanol–water partition coefficient (Wildman–Crippen LogP) is 2.85.